The molecule has 0 spiro atoms. The molecule has 3 aromatic carbocycles. The number of aliphatic hydroxyl groups is 1. The van der Waals surface area contributed by atoms with Crippen molar-refractivity contribution >= 4 is 22.7 Å². The number of hydrogen-bond donors (Lipinski definition) is 1. The number of para-hydroxylation sites is 1. The zero-order valence-corrected chi connectivity index (χ0v) is 20.7. The third-order valence-corrected chi connectivity index (χ3v) is 6.61. The Morgan fingerprint density at radius 2 is 1.70 bits per heavy atom. The summed E-state index contributed by atoms with van der Waals surface area (Å²) in [5.74, 6) is -0.850. The molecule has 4 aromatic rings. The van der Waals surface area contributed by atoms with Crippen LogP contribution in [0.4, 0.5) is 0 Å². The van der Waals surface area contributed by atoms with Gasteiger partial charge in [0.1, 0.15) is 11.3 Å². The van der Waals surface area contributed by atoms with E-state index in [1.165, 1.54) is 4.90 Å². The van der Waals surface area contributed by atoms with Crippen LogP contribution < -0.4 is 4.74 Å². The summed E-state index contributed by atoms with van der Waals surface area (Å²) in [7, 11) is 0. The number of Topliss-reactive ketones (excluding diaryl/α,β-unsaturated/α-hetero) is 1. The molecule has 5 rings (SSSR count). The number of carbonyl (C=O) groups is 2. The summed E-state index contributed by atoms with van der Waals surface area (Å²) < 4.78 is 11.6. The van der Waals surface area contributed by atoms with Crippen LogP contribution in [0.2, 0.25) is 0 Å². The van der Waals surface area contributed by atoms with Crippen LogP contribution in [-0.4, -0.2) is 28.3 Å². The second-order valence-electron chi connectivity index (χ2n) is 9.19. The lowest BCUT2D eigenvalue weighted by Crippen LogP contribution is -2.30. The molecule has 0 fully saturated rings. The molecule has 0 saturated heterocycles. The number of furan rings is 1. The third-order valence-electron chi connectivity index (χ3n) is 6.61. The number of ketones is 1. The minimum atomic E-state index is -0.775. The number of hydrogen-bond acceptors (Lipinski definition) is 5. The van der Waals surface area contributed by atoms with Crippen LogP contribution in [0.5, 0.6) is 5.75 Å². The Labute approximate surface area is 215 Å². The van der Waals surface area contributed by atoms with Crippen molar-refractivity contribution in [2.75, 3.05) is 6.61 Å². The van der Waals surface area contributed by atoms with Crippen LogP contribution in [0, 0.1) is 0 Å². The van der Waals surface area contributed by atoms with E-state index in [9.17, 15) is 14.7 Å². The van der Waals surface area contributed by atoms with E-state index in [0.717, 1.165) is 36.0 Å². The van der Waals surface area contributed by atoms with E-state index in [2.05, 4.69) is 6.92 Å². The summed E-state index contributed by atoms with van der Waals surface area (Å²) in [4.78, 5) is 28.5. The minimum absolute atomic E-state index is 0.0107. The van der Waals surface area contributed by atoms with Crippen LogP contribution in [0.3, 0.4) is 0 Å². The van der Waals surface area contributed by atoms with Crippen LogP contribution in [-0.2, 0) is 11.3 Å². The molecule has 6 heteroatoms. The minimum Gasteiger partial charge on any atom is -0.503 e. The molecule has 37 heavy (non-hydrogen) atoms. The molecule has 1 aliphatic rings. The number of nitrogens with zero attached hydrogens (tertiary/aromatic N) is 1. The van der Waals surface area contributed by atoms with E-state index in [1.54, 1.807) is 12.1 Å². The predicted molar refractivity (Wildman–Crippen MR) is 141 cm³/mol. The van der Waals surface area contributed by atoms with Crippen molar-refractivity contribution in [1.82, 2.24) is 4.90 Å². The third kappa shape index (κ3) is 5.00. The molecular formula is C31H29NO5. The fraction of sp³-hybridized carbons (Fsp3) is 0.226. The lowest BCUT2D eigenvalue weighted by molar-refractivity contribution is -0.130. The van der Waals surface area contributed by atoms with Crippen molar-refractivity contribution in [3.8, 4) is 5.75 Å². The molecule has 0 saturated carbocycles. The number of amides is 1. The maximum Gasteiger partial charge on any atom is 0.290 e. The largest absolute Gasteiger partial charge is 0.503 e. The topological polar surface area (TPSA) is 80.0 Å². The Kier molecular flexibility index (Phi) is 7.08. The van der Waals surface area contributed by atoms with Crippen LogP contribution in [0.1, 0.15) is 53.9 Å². The summed E-state index contributed by atoms with van der Waals surface area (Å²) in [5, 5.41) is 11.7. The van der Waals surface area contributed by atoms with E-state index in [0.29, 0.717) is 17.8 Å². The lowest BCUT2D eigenvalue weighted by Gasteiger charge is -2.27. The van der Waals surface area contributed by atoms with Gasteiger partial charge in [0.25, 0.3) is 5.91 Å². The Bertz CT molecular complexity index is 1400. The first-order valence-corrected chi connectivity index (χ1v) is 12.6. The van der Waals surface area contributed by atoms with Crippen molar-refractivity contribution in [2.45, 2.75) is 38.8 Å². The first kappa shape index (κ1) is 24.4. The molecule has 2 heterocycles. The molecule has 1 aromatic heterocycles. The second kappa shape index (κ2) is 10.7. The van der Waals surface area contributed by atoms with Crippen LogP contribution in [0.25, 0.3) is 11.0 Å². The zero-order valence-electron chi connectivity index (χ0n) is 20.7. The second-order valence-corrected chi connectivity index (χ2v) is 9.19. The highest BCUT2D eigenvalue weighted by Gasteiger charge is 2.44. The molecule has 1 atom stereocenters. The van der Waals surface area contributed by atoms with Crippen molar-refractivity contribution in [1.29, 1.82) is 0 Å². The Morgan fingerprint density at radius 3 is 2.43 bits per heavy atom. The number of unbranched alkanes of at least 4 members (excludes halogenated alkanes) is 2. The van der Waals surface area contributed by atoms with Crippen molar-refractivity contribution in [3.63, 3.8) is 0 Å². The van der Waals surface area contributed by atoms with E-state index in [4.69, 9.17) is 9.15 Å². The summed E-state index contributed by atoms with van der Waals surface area (Å²) in [6, 6.07) is 25.0. The molecule has 1 aliphatic heterocycles. The van der Waals surface area contributed by atoms with E-state index in [-0.39, 0.29) is 17.9 Å². The first-order valence-electron chi connectivity index (χ1n) is 12.6. The first-order chi connectivity index (χ1) is 18.1. The number of benzene rings is 3. The summed E-state index contributed by atoms with van der Waals surface area (Å²) in [5.41, 5.74) is 2.17. The molecule has 6 nitrogen and oxygen atoms in total. The number of aliphatic hydroxyl groups excluding tert-OH is 1. The van der Waals surface area contributed by atoms with E-state index in [1.807, 2.05) is 72.8 Å². The monoisotopic (exact) mass is 495 g/mol. The van der Waals surface area contributed by atoms with Gasteiger partial charge in [-0.2, -0.15) is 0 Å². The number of rotatable bonds is 10. The van der Waals surface area contributed by atoms with E-state index >= 15 is 0 Å². The van der Waals surface area contributed by atoms with Crippen molar-refractivity contribution < 1.29 is 23.8 Å². The highest BCUT2D eigenvalue weighted by atomic mass is 16.5. The van der Waals surface area contributed by atoms with Crippen LogP contribution >= 0.6 is 0 Å². The van der Waals surface area contributed by atoms with E-state index < -0.39 is 23.5 Å². The van der Waals surface area contributed by atoms with Crippen LogP contribution in [0.15, 0.2) is 101 Å². The normalized spacial score (nSPS) is 15.5. The van der Waals surface area contributed by atoms with Crippen molar-refractivity contribution in [3.05, 3.63) is 113 Å². The van der Waals surface area contributed by atoms with Gasteiger partial charge in [0.05, 0.1) is 18.2 Å². The highest BCUT2D eigenvalue weighted by Crippen LogP contribution is 2.41. The number of carbonyl (C=O) groups excluding carboxylic acids is 2. The summed E-state index contributed by atoms with van der Waals surface area (Å²) >= 11 is 0. The molecule has 0 bridgehead atoms. The SMILES string of the molecule is CCCCCOc1ccc(C2C(C(=O)c3cc4ccccc4o3)=C(O)C(=O)N2Cc2ccccc2)cc1. The van der Waals surface area contributed by atoms with Crippen molar-refractivity contribution in [2.24, 2.45) is 0 Å². The molecule has 0 aliphatic carbocycles. The summed E-state index contributed by atoms with van der Waals surface area (Å²) in [6.45, 7) is 3.01. The van der Waals surface area contributed by atoms with Gasteiger partial charge >= 0.3 is 0 Å². The molecule has 1 unspecified atom stereocenters. The number of fused-ring (bicyclic) bond motifs is 1. The van der Waals surface area contributed by atoms with Gasteiger partial charge in [-0.05, 0) is 41.8 Å². The summed E-state index contributed by atoms with van der Waals surface area (Å²) in [6.07, 6.45) is 3.20. The van der Waals surface area contributed by atoms with Gasteiger partial charge in [0, 0.05) is 11.9 Å². The smallest absolute Gasteiger partial charge is 0.290 e. The average Bonchev–Trinajstić information content (AvgIpc) is 3.47. The van der Waals surface area contributed by atoms with Gasteiger partial charge < -0.3 is 19.2 Å². The molecule has 1 amide bonds. The Balaban J connectivity index is 1.50. The fourth-order valence-electron chi connectivity index (χ4n) is 4.69. The maximum atomic E-state index is 13.7. The number of ether oxygens (including phenoxy) is 1. The van der Waals surface area contributed by atoms with Gasteiger partial charge in [-0.1, -0.05) is 80.4 Å². The molecule has 188 valence electrons. The standard InChI is InChI=1S/C31H29NO5/c1-2-3-9-18-36-24-16-14-22(15-17-24)28-27(29(33)26-19-23-12-7-8-13-25(23)37-26)30(34)31(35)32(28)20-21-10-5-4-6-11-21/h4-8,10-17,19,28,34H,2-3,9,18,20H2,1H3. The van der Waals surface area contributed by atoms with Gasteiger partial charge in [-0.25, -0.2) is 0 Å². The van der Waals surface area contributed by atoms with Gasteiger partial charge in [0.2, 0.25) is 5.78 Å². The van der Waals surface area contributed by atoms with Gasteiger partial charge in [-0.3, -0.25) is 9.59 Å². The van der Waals surface area contributed by atoms with Gasteiger partial charge in [0.15, 0.2) is 11.5 Å². The highest BCUT2D eigenvalue weighted by molar-refractivity contribution is 6.16. The molecular weight excluding hydrogens is 466 g/mol. The molecule has 1 N–H and O–H groups in total. The maximum absolute atomic E-state index is 13.7. The fourth-order valence-corrected chi connectivity index (χ4v) is 4.69. The predicted octanol–water partition coefficient (Wildman–Crippen LogP) is 6.78. The Morgan fingerprint density at radius 1 is 0.973 bits per heavy atom. The Hall–Kier alpha value is -4.32. The van der Waals surface area contributed by atoms with Gasteiger partial charge in [-0.15, -0.1) is 0 Å². The quantitative estimate of drug-likeness (QED) is 0.194. The molecule has 0 radical (unpaired) electrons. The lowest BCUT2D eigenvalue weighted by atomic mass is 9.94. The average molecular weight is 496 g/mol. The zero-order chi connectivity index (χ0) is 25.8.